The topological polar surface area (TPSA) is 37.3 Å². The molecule has 0 rings (SSSR count). The largest absolute Gasteiger partial charge is 0.481 e. The smallest absolute Gasteiger partial charge is 0.303 e. The van der Waals surface area contributed by atoms with Gasteiger partial charge in [0.2, 0.25) is 0 Å². The van der Waals surface area contributed by atoms with Gasteiger partial charge in [-0.3, -0.25) is 4.79 Å². The van der Waals surface area contributed by atoms with Crippen LogP contribution in [0.15, 0.2) is 23.2 Å². The lowest BCUT2D eigenvalue weighted by atomic mass is 10.2. The monoisotopic (exact) mass is 322 g/mol. The highest BCUT2D eigenvalue weighted by molar-refractivity contribution is 9.11. The van der Waals surface area contributed by atoms with E-state index in [1.165, 1.54) is 0 Å². The van der Waals surface area contributed by atoms with Gasteiger partial charge in [0.05, 0.1) is 0 Å². The van der Waals surface area contributed by atoms with E-state index in [0.717, 1.165) is 25.7 Å². The molecular weight excluding hydrogens is 304 g/mol. The van der Waals surface area contributed by atoms with E-state index in [2.05, 4.69) is 45.7 Å². The lowest BCUT2D eigenvalue weighted by molar-refractivity contribution is -0.137. The van der Waals surface area contributed by atoms with Crippen molar-refractivity contribution in [3.8, 4) is 23.7 Å². The van der Waals surface area contributed by atoms with Crippen molar-refractivity contribution in [2.45, 2.75) is 44.9 Å². The number of halogens is 1. The molecule has 19 heavy (non-hydrogen) atoms. The third kappa shape index (κ3) is 16.6. The van der Waals surface area contributed by atoms with Crippen LogP contribution >= 0.6 is 15.9 Å². The van der Waals surface area contributed by atoms with Crippen molar-refractivity contribution in [3.05, 3.63) is 23.2 Å². The minimum absolute atomic E-state index is 0.198. The average Bonchev–Trinajstić information content (AvgIpc) is 2.39. The van der Waals surface area contributed by atoms with Gasteiger partial charge in [-0.05, 0) is 42.8 Å². The summed E-state index contributed by atoms with van der Waals surface area (Å²) in [6.07, 6.45) is 11.3. The van der Waals surface area contributed by atoms with Gasteiger partial charge in [-0.25, -0.2) is 0 Å². The number of carbonyl (C=O) groups is 1. The van der Waals surface area contributed by atoms with E-state index in [-0.39, 0.29) is 6.42 Å². The molecule has 0 aliphatic carbocycles. The Balaban J connectivity index is 3.42. The van der Waals surface area contributed by atoms with Crippen LogP contribution < -0.4 is 0 Å². The van der Waals surface area contributed by atoms with Gasteiger partial charge in [0.15, 0.2) is 0 Å². The van der Waals surface area contributed by atoms with Gasteiger partial charge in [0, 0.05) is 19.3 Å². The van der Waals surface area contributed by atoms with Gasteiger partial charge < -0.3 is 5.11 Å². The quantitative estimate of drug-likeness (QED) is 0.561. The fourth-order valence-electron chi connectivity index (χ4n) is 1.24. The van der Waals surface area contributed by atoms with E-state index in [1.54, 1.807) is 11.1 Å². The maximum Gasteiger partial charge on any atom is 0.303 e. The molecule has 0 unspecified atom stereocenters. The Kier molecular flexibility index (Phi) is 13.5. The van der Waals surface area contributed by atoms with E-state index in [4.69, 9.17) is 5.11 Å². The standard InChI is InChI=1S/C16H19BrO2/c17-15-13-11-9-7-5-3-1-2-4-6-8-10-12-14-16(18)19/h2,4,13,15H,1,3,5,7,10,12,14H2,(H,18,19). The summed E-state index contributed by atoms with van der Waals surface area (Å²) in [7, 11) is 0. The van der Waals surface area contributed by atoms with Crippen LogP contribution in [0.3, 0.4) is 0 Å². The number of carboxylic acid groups (broad SMARTS) is 1. The highest BCUT2D eigenvalue weighted by Gasteiger charge is 1.92. The molecule has 0 amide bonds. The molecule has 0 aliphatic heterocycles. The lowest BCUT2D eigenvalue weighted by Crippen LogP contribution is -1.92. The molecule has 0 heterocycles. The van der Waals surface area contributed by atoms with Crippen LogP contribution in [0.4, 0.5) is 0 Å². The number of aliphatic carboxylic acids is 1. The summed E-state index contributed by atoms with van der Waals surface area (Å²) in [6.45, 7) is 0. The SMILES string of the molecule is O=C(O)CCCC#CC=CCCCCC#CC=CBr. The van der Waals surface area contributed by atoms with Crippen LogP contribution in [-0.4, -0.2) is 11.1 Å². The summed E-state index contributed by atoms with van der Waals surface area (Å²) in [5.74, 6) is 11.1. The number of hydrogen-bond donors (Lipinski definition) is 1. The third-order valence-corrected chi connectivity index (χ3v) is 2.43. The first-order valence-electron chi connectivity index (χ1n) is 6.36. The van der Waals surface area contributed by atoms with Gasteiger partial charge in [0.25, 0.3) is 0 Å². The van der Waals surface area contributed by atoms with Crippen LogP contribution in [0, 0.1) is 23.7 Å². The predicted octanol–water partition coefficient (Wildman–Crippen LogP) is 4.27. The Morgan fingerprint density at radius 1 is 1.05 bits per heavy atom. The molecule has 2 nitrogen and oxygen atoms in total. The number of allylic oxidation sites excluding steroid dienone is 3. The second kappa shape index (κ2) is 14.6. The van der Waals surface area contributed by atoms with E-state index >= 15 is 0 Å². The molecular formula is C16H19BrO2. The molecule has 0 fully saturated rings. The van der Waals surface area contributed by atoms with E-state index in [0.29, 0.717) is 12.8 Å². The summed E-state index contributed by atoms with van der Waals surface area (Å²) in [4.78, 5) is 12.0. The fraction of sp³-hybridized carbons (Fsp3) is 0.438. The molecule has 1 N–H and O–H groups in total. The summed E-state index contributed by atoms with van der Waals surface area (Å²) in [5.41, 5.74) is 0. The second-order valence-electron chi connectivity index (χ2n) is 3.83. The fourth-order valence-corrected chi connectivity index (χ4v) is 1.37. The molecule has 0 spiro atoms. The van der Waals surface area contributed by atoms with Crippen LogP contribution in [0.25, 0.3) is 0 Å². The van der Waals surface area contributed by atoms with Gasteiger partial charge in [-0.2, -0.15) is 0 Å². The minimum atomic E-state index is -0.757. The highest BCUT2D eigenvalue weighted by atomic mass is 79.9. The number of hydrogen-bond acceptors (Lipinski definition) is 1. The Morgan fingerprint density at radius 3 is 2.42 bits per heavy atom. The van der Waals surface area contributed by atoms with Crippen LogP contribution in [0.5, 0.6) is 0 Å². The molecule has 0 atom stereocenters. The van der Waals surface area contributed by atoms with E-state index < -0.39 is 5.97 Å². The van der Waals surface area contributed by atoms with Crippen molar-refractivity contribution < 1.29 is 9.90 Å². The molecule has 0 saturated heterocycles. The zero-order valence-electron chi connectivity index (χ0n) is 11.0. The van der Waals surface area contributed by atoms with Crippen LogP contribution in [-0.2, 0) is 4.79 Å². The molecule has 0 bridgehead atoms. The normalized spacial score (nSPS) is 9.95. The first-order chi connectivity index (χ1) is 9.27. The molecule has 102 valence electrons. The van der Waals surface area contributed by atoms with Crippen molar-refractivity contribution in [2.24, 2.45) is 0 Å². The maximum atomic E-state index is 10.2. The van der Waals surface area contributed by atoms with Crippen molar-refractivity contribution in [1.82, 2.24) is 0 Å². The predicted molar refractivity (Wildman–Crippen MR) is 82.7 cm³/mol. The average molecular weight is 323 g/mol. The van der Waals surface area contributed by atoms with Gasteiger partial charge in [0.1, 0.15) is 0 Å². The molecule has 0 aliphatic rings. The first kappa shape index (κ1) is 17.6. The van der Waals surface area contributed by atoms with Gasteiger partial charge in [-0.1, -0.05) is 45.7 Å². The summed E-state index contributed by atoms with van der Waals surface area (Å²) in [5, 5.41) is 8.43. The maximum absolute atomic E-state index is 10.2. The van der Waals surface area contributed by atoms with Crippen molar-refractivity contribution >= 4 is 21.9 Å². The molecule has 0 aromatic carbocycles. The number of carboxylic acids is 1. The Hall–Kier alpha value is -1.45. The van der Waals surface area contributed by atoms with Crippen molar-refractivity contribution in [2.75, 3.05) is 0 Å². The van der Waals surface area contributed by atoms with Crippen LogP contribution in [0.2, 0.25) is 0 Å². The Morgan fingerprint density at radius 2 is 1.74 bits per heavy atom. The molecule has 0 saturated carbocycles. The first-order valence-corrected chi connectivity index (χ1v) is 7.27. The van der Waals surface area contributed by atoms with E-state index in [1.807, 2.05) is 6.08 Å². The van der Waals surface area contributed by atoms with Gasteiger partial charge in [-0.15, -0.1) is 0 Å². The Bertz CT molecular complexity index is 414. The van der Waals surface area contributed by atoms with Gasteiger partial charge >= 0.3 is 5.97 Å². The number of unbranched alkanes of at least 4 members (excludes halogenated alkanes) is 4. The lowest BCUT2D eigenvalue weighted by Gasteiger charge is -1.89. The highest BCUT2D eigenvalue weighted by Crippen LogP contribution is 1.99. The molecule has 0 aromatic rings. The zero-order valence-corrected chi connectivity index (χ0v) is 12.6. The van der Waals surface area contributed by atoms with Crippen molar-refractivity contribution in [3.63, 3.8) is 0 Å². The minimum Gasteiger partial charge on any atom is -0.481 e. The summed E-state index contributed by atoms with van der Waals surface area (Å²) < 4.78 is 0. The van der Waals surface area contributed by atoms with Crippen LogP contribution in [0.1, 0.15) is 44.9 Å². The second-order valence-corrected chi connectivity index (χ2v) is 4.36. The van der Waals surface area contributed by atoms with Crippen molar-refractivity contribution in [1.29, 1.82) is 0 Å². The third-order valence-electron chi connectivity index (χ3n) is 2.17. The molecule has 0 aromatic heterocycles. The number of rotatable bonds is 7. The van der Waals surface area contributed by atoms with E-state index in [9.17, 15) is 4.79 Å². The molecule has 3 heteroatoms. The summed E-state index contributed by atoms with van der Waals surface area (Å²) >= 11 is 3.16. The zero-order chi connectivity index (χ0) is 14.2. The summed E-state index contributed by atoms with van der Waals surface area (Å²) in [6, 6.07) is 0. The molecule has 0 radical (unpaired) electrons. The Labute approximate surface area is 124 Å².